The molecule has 172 valence electrons. The van der Waals surface area contributed by atoms with Crippen molar-refractivity contribution >= 4 is 8.19 Å². The van der Waals surface area contributed by atoms with E-state index in [9.17, 15) is 0 Å². The first-order valence-electron chi connectivity index (χ1n) is 10.8. The third-order valence-electron chi connectivity index (χ3n) is 7.69. The van der Waals surface area contributed by atoms with E-state index < -0.39 is 0 Å². The fourth-order valence-corrected chi connectivity index (χ4v) is 5.16. The summed E-state index contributed by atoms with van der Waals surface area (Å²) in [5.41, 5.74) is 17.7. The van der Waals surface area contributed by atoms with Gasteiger partial charge in [0.1, 0.15) is 0 Å². The smallest absolute Gasteiger partial charge is 0 e. The van der Waals surface area contributed by atoms with E-state index in [1.807, 2.05) is 0 Å². The molecule has 0 radical (unpaired) electrons. The first kappa shape index (κ1) is 29.8. The second-order valence-corrected chi connectivity index (χ2v) is 10.6. The van der Waals surface area contributed by atoms with Crippen LogP contribution in [0.5, 0.6) is 0 Å². The summed E-state index contributed by atoms with van der Waals surface area (Å²) in [7, 11) is 0.976. The number of rotatable bonds is 0. The fraction of sp³-hybridized carbons (Fsp3) is 0.500. The molecule has 0 aliphatic rings. The minimum absolute atomic E-state index is 0. The SMILES string of the molecule is C[c-]1[c-](C)[c-](C)[c-](C)[c-]1C.Cc1[pH]c(C)c(C)c1C.Cc1c(C)c(C)[c-](C)c1C.[Sm]. The zero-order valence-electron chi connectivity index (χ0n) is 21.9. The number of aryl methyl sites for hydroxylation is 2. The van der Waals surface area contributed by atoms with Crippen molar-refractivity contribution in [1.82, 2.24) is 0 Å². The third kappa shape index (κ3) is 6.42. The molecule has 3 rings (SSSR count). The Morgan fingerprint density at radius 2 is 0.667 bits per heavy atom. The largest absolute Gasteiger partial charge is 0.731 e. The molecule has 2 heteroatoms. The van der Waals surface area contributed by atoms with E-state index in [1.54, 1.807) is 10.6 Å². The molecule has 0 unspecified atom stereocenters. The average molecular weight is 561 g/mol. The third-order valence-corrected chi connectivity index (χ3v) is 9.19. The molecule has 0 bridgehead atoms. The Morgan fingerprint density at radius 1 is 0.433 bits per heavy atom. The first-order chi connectivity index (χ1) is 13.2. The van der Waals surface area contributed by atoms with Crippen molar-refractivity contribution in [3.8, 4) is 0 Å². The van der Waals surface area contributed by atoms with E-state index >= 15 is 0 Å². The predicted octanol–water partition coefficient (Wildman–Crippen LogP) is 8.85. The summed E-state index contributed by atoms with van der Waals surface area (Å²) < 4.78 is 0. The maximum atomic E-state index is 2.23. The van der Waals surface area contributed by atoms with Gasteiger partial charge in [-0.3, -0.25) is 0 Å². The summed E-state index contributed by atoms with van der Waals surface area (Å²) >= 11 is 0. The van der Waals surface area contributed by atoms with Crippen LogP contribution in [0.2, 0.25) is 0 Å². The van der Waals surface area contributed by atoms with Gasteiger partial charge in [0.15, 0.2) is 0 Å². The van der Waals surface area contributed by atoms with Crippen LogP contribution in [0.25, 0.3) is 0 Å². The van der Waals surface area contributed by atoms with Crippen LogP contribution >= 0.6 is 8.19 Å². The van der Waals surface area contributed by atoms with Gasteiger partial charge >= 0.3 is 0 Å². The van der Waals surface area contributed by atoms with Gasteiger partial charge in [-0.25, -0.2) is 34.6 Å². The molecule has 0 spiro atoms. The second kappa shape index (κ2) is 12.2. The van der Waals surface area contributed by atoms with Gasteiger partial charge in [-0.2, -0.15) is 27.8 Å². The van der Waals surface area contributed by atoms with Crippen LogP contribution in [-0.2, 0) is 0 Å². The van der Waals surface area contributed by atoms with E-state index in [-0.39, 0.29) is 40.4 Å². The molecule has 0 fully saturated rings. The molecule has 0 amide bonds. The van der Waals surface area contributed by atoms with Crippen molar-refractivity contribution in [1.29, 1.82) is 0 Å². The molecule has 0 aliphatic carbocycles. The van der Waals surface area contributed by atoms with Crippen LogP contribution in [0, 0.1) is 137 Å². The molecule has 0 N–H and O–H groups in total. The standard InChI is InChI=1S/2C10H15.C8H13P.Sm/c2*1-6-7(2)9(4)10(5)8(6)3;1-5-6(2)8(4)9-7(5)3;/h2*1-5H3;9H,1-4H3;/q-5;-1;;. The van der Waals surface area contributed by atoms with Crippen molar-refractivity contribution in [3.05, 3.63) is 77.4 Å². The van der Waals surface area contributed by atoms with Gasteiger partial charge in [-0.05, 0) is 49.4 Å². The maximum Gasteiger partial charge on any atom is 0 e. The second-order valence-electron chi connectivity index (χ2n) is 8.88. The van der Waals surface area contributed by atoms with E-state index in [1.165, 1.54) is 66.8 Å². The average Bonchev–Trinajstić information content (AvgIpc) is 3.09. The zero-order chi connectivity index (χ0) is 22.8. The summed E-state index contributed by atoms with van der Waals surface area (Å²) in [5.74, 6) is 0. The molecule has 1 aromatic heterocycles. The quantitative estimate of drug-likeness (QED) is 0.241. The Labute approximate surface area is 221 Å². The van der Waals surface area contributed by atoms with Crippen molar-refractivity contribution in [2.45, 2.75) is 96.9 Å². The molecule has 0 atom stereocenters. The molecule has 30 heavy (non-hydrogen) atoms. The van der Waals surface area contributed by atoms with Crippen LogP contribution < -0.4 is 0 Å². The number of hydrogen-bond donors (Lipinski definition) is 0. The molecular weight excluding hydrogens is 518 g/mol. The summed E-state index contributed by atoms with van der Waals surface area (Å²) in [6.07, 6.45) is 0. The molecule has 0 nitrogen and oxygen atoms in total. The van der Waals surface area contributed by atoms with E-state index in [0.717, 1.165) is 8.19 Å². The molecule has 2 aromatic carbocycles. The van der Waals surface area contributed by atoms with Gasteiger partial charge < -0.3 is 27.8 Å². The summed E-state index contributed by atoms with van der Waals surface area (Å²) in [4.78, 5) is 0. The summed E-state index contributed by atoms with van der Waals surface area (Å²) in [6, 6.07) is 0. The van der Waals surface area contributed by atoms with Crippen LogP contribution in [0.4, 0.5) is 0 Å². The van der Waals surface area contributed by atoms with Crippen molar-refractivity contribution in [3.63, 3.8) is 0 Å². The van der Waals surface area contributed by atoms with Crippen LogP contribution in [0.15, 0.2) is 0 Å². The Balaban J connectivity index is 0.000000414. The Morgan fingerprint density at radius 3 is 0.767 bits per heavy atom. The Hall–Kier alpha value is -0.182. The van der Waals surface area contributed by atoms with E-state index in [2.05, 4.69) is 96.9 Å². The van der Waals surface area contributed by atoms with Gasteiger partial charge in [0, 0.05) is 40.4 Å². The van der Waals surface area contributed by atoms with Crippen LogP contribution in [0.1, 0.15) is 77.4 Å². The van der Waals surface area contributed by atoms with Gasteiger partial charge in [0.25, 0.3) is 0 Å². The van der Waals surface area contributed by atoms with Crippen molar-refractivity contribution in [2.75, 3.05) is 0 Å². The molecular formula is C28H43PSm-6. The molecule has 0 saturated carbocycles. The molecule has 1 heterocycles. The minimum atomic E-state index is 0. The van der Waals surface area contributed by atoms with Gasteiger partial charge in [0.05, 0.1) is 0 Å². The predicted molar refractivity (Wildman–Crippen MR) is 136 cm³/mol. The zero-order valence-corrected chi connectivity index (χ0v) is 25.5. The molecule has 0 aliphatic heterocycles. The van der Waals surface area contributed by atoms with Gasteiger partial charge in [-0.15, -0.1) is 8.19 Å². The monoisotopic (exact) mass is 562 g/mol. The van der Waals surface area contributed by atoms with Gasteiger partial charge in [0.2, 0.25) is 0 Å². The summed E-state index contributed by atoms with van der Waals surface area (Å²) in [5, 5.41) is 3.15. The van der Waals surface area contributed by atoms with Crippen LogP contribution in [-0.4, -0.2) is 0 Å². The maximum absolute atomic E-state index is 2.23. The van der Waals surface area contributed by atoms with Crippen molar-refractivity contribution in [2.24, 2.45) is 0 Å². The minimum Gasteiger partial charge on any atom is -0.731 e. The van der Waals surface area contributed by atoms with E-state index in [0.29, 0.717) is 0 Å². The molecule has 3 aromatic rings. The van der Waals surface area contributed by atoms with Crippen LogP contribution in [0.3, 0.4) is 0 Å². The van der Waals surface area contributed by atoms with Crippen molar-refractivity contribution < 1.29 is 40.4 Å². The fourth-order valence-electron chi connectivity index (χ4n) is 3.84. The summed E-state index contributed by atoms with van der Waals surface area (Å²) in [6.45, 7) is 30.9. The normalized spacial score (nSPS) is 10.1. The van der Waals surface area contributed by atoms with E-state index in [4.69, 9.17) is 0 Å². The van der Waals surface area contributed by atoms with Gasteiger partial charge in [-0.1, -0.05) is 34.6 Å². The molecule has 0 saturated heterocycles. The Kier molecular flexibility index (Phi) is 12.1. The Bertz CT molecular complexity index is 750. The topological polar surface area (TPSA) is 0 Å². The first-order valence-corrected chi connectivity index (χ1v) is 11.8. The number of hydrogen-bond acceptors (Lipinski definition) is 0.